The molecular formula is C31H36F7N3O6. The molecule has 0 bridgehead atoms. The molecule has 3 fully saturated rings. The van der Waals surface area contributed by atoms with Gasteiger partial charge in [-0.25, -0.2) is 14.0 Å². The molecule has 2 saturated heterocycles. The number of fused-ring (bicyclic) bond motifs is 1. The van der Waals surface area contributed by atoms with E-state index >= 15 is 0 Å². The van der Waals surface area contributed by atoms with Gasteiger partial charge in [0.2, 0.25) is 0 Å². The molecule has 2 aliphatic heterocycles. The normalized spacial score (nSPS) is 23.6. The highest BCUT2D eigenvalue weighted by Crippen LogP contribution is 2.51. The van der Waals surface area contributed by atoms with Crippen LogP contribution in [0.5, 0.6) is 11.5 Å². The Balaban J connectivity index is 0.000000644. The Bertz CT molecular complexity index is 1420. The predicted molar refractivity (Wildman–Crippen MR) is 155 cm³/mol. The number of halogens is 7. The highest BCUT2D eigenvalue weighted by atomic mass is 19.4. The van der Waals surface area contributed by atoms with Crippen molar-refractivity contribution in [2.75, 3.05) is 39.3 Å². The summed E-state index contributed by atoms with van der Waals surface area (Å²) in [5.74, 6) is -2.49. The average molecular weight is 680 g/mol. The zero-order valence-electron chi connectivity index (χ0n) is 25.6. The summed E-state index contributed by atoms with van der Waals surface area (Å²) in [6.07, 6.45) is -4.77. The number of nitrogens with zero attached hydrogens (tertiary/aromatic N) is 1. The number of methoxy groups -OCH3 is 2. The smallest absolute Gasteiger partial charge is 0.490 e. The van der Waals surface area contributed by atoms with Crippen LogP contribution in [-0.4, -0.2) is 80.3 Å². The molecule has 1 aliphatic carbocycles. The van der Waals surface area contributed by atoms with Crippen molar-refractivity contribution in [2.45, 2.75) is 74.4 Å². The molecule has 3 atom stereocenters. The van der Waals surface area contributed by atoms with Gasteiger partial charge < -0.3 is 30.0 Å². The molecule has 3 N–H and O–H groups in total. The minimum Gasteiger partial charge on any atom is -0.493 e. The summed E-state index contributed by atoms with van der Waals surface area (Å²) in [4.78, 5) is 24.3. The molecule has 16 heteroatoms. The van der Waals surface area contributed by atoms with E-state index in [9.17, 15) is 35.5 Å². The molecule has 9 nitrogen and oxygen atoms in total. The van der Waals surface area contributed by atoms with E-state index in [0.29, 0.717) is 36.4 Å². The fourth-order valence-electron chi connectivity index (χ4n) is 6.83. The van der Waals surface area contributed by atoms with E-state index in [-0.39, 0.29) is 23.2 Å². The standard InChI is InChI=1S/C29H35F4N3O4.C2HF3O2/c1-38-24-4-3-18(15-25(24)39-2)28-8-5-21(17-26(28)36(10-9-28)23-6-11-40-12-7-23)34-27(37)35-22-14-19(29(31,32)33)13-20(30)16-22;3-2(4,5)1(6)7/h3-4,13-16,21,23,26H,5-12,17H2,1-2H3,(H2,34,35,37);(H,6,7)/t21-,26+,28+;/m1./s1. The zero-order valence-corrected chi connectivity index (χ0v) is 25.6. The Morgan fingerprint density at radius 2 is 1.62 bits per heavy atom. The summed E-state index contributed by atoms with van der Waals surface area (Å²) in [6.45, 7) is 2.36. The number of nitrogens with one attached hydrogen (secondary N) is 2. The van der Waals surface area contributed by atoms with Gasteiger partial charge in [-0.05, 0) is 81.0 Å². The summed E-state index contributed by atoms with van der Waals surface area (Å²) in [6, 6.07) is 7.77. The largest absolute Gasteiger partial charge is 0.493 e. The number of urea groups is 1. The van der Waals surface area contributed by atoms with Crippen LogP contribution in [0.4, 0.5) is 41.2 Å². The first kappa shape index (κ1) is 36.1. The first-order chi connectivity index (χ1) is 22.1. The molecule has 1 saturated carbocycles. The molecule has 3 aliphatic rings. The van der Waals surface area contributed by atoms with Crippen LogP contribution >= 0.6 is 0 Å². The molecule has 0 spiro atoms. The molecule has 0 radical (unpaired) electrons. The lowest BCUT2D eigenvalue weighted by molar-refractivity contribution is -0.192. The molecule has 5 rings (SSSR count). The molecule has 2 aromatic carbocycles. The number of carboxylic acids is 1. The Labute approximate surface area is 266 Å². The lowest BCUT2D eigenvalue weighted by Crippen LogP contribution is -2.55. The van der Waals surface area contributed by atoms with Gasteiger partial charge in [0.15, 0.2) is 11.5 Å². The molecule has 2 amide bonds. The fraction of sp³-hybridized carbons (Fsp3) is 0.548. The van der Waals surface area contributed by atoms with E-state index in [1.165, 1.54) is 5.56 Å². The highest BCUT2D eigenvalue weighted by molar-refractivity contribution is 5.89. The Morgan fingerprint density at radius 3 is 2.21 bits per heavy atom. The number of amides is 2. The second-order valence-electron chi connectivity index (χ2n) is 11.7. The van der Waals surface area contributed by atoms with Crippen LogP contribution in [-0.2, 0) is 21.1 Å². The number of benzene rings is 2. The number of hydrogen-bond donors (Lipinski definition) is 3. The molecule has 0 aromatic heterocycles. The summed E-state index contributed by atoms with van der Waals surface area (Å²) in [5.41, 5.74) is -0.369. The van der Waals surface area contributed by atoms with E-state index in [4.69, 9.17) is 24.1 Å². The molecular weight excluding hydrogens is 643 g/mol. The van der Waals surface area contributed by atoms with Crippen LogP contribution in [0.25, 0.3) is 0 Å². The minimum atomic E-state index is -5.08. The lowest BCUT2D eigenvalue weighted by Gasteiger charge is -2.47. The first-order valence-electron chi connectivity index (χ1n) is 14.9. The van der Waals surface area contributed by atoms with Crippen LogP contribution in [0.2, 0.25) is 0 Å². The Morgan fingerprint density at radius 1 is 0.957 bits per heavy atom. The van der Waals surface area contributed by atoms with Crippen molar-refractivity contribution in [3.8, 4) is 11.5 Å². The molecule has 2 heterocycles. The van der Waals surface area contributed by atoms with E-state index in [1.807, 2.05) is 6.07 Å². The van der Waals surface area contributed by atoms with Gasteiger partial charge in [-0.15, -0.1) is 0 Å². The van der Waals surface area contributed by atoms with Crippen LogP contribution < -0.4 is 20.1 Å². The summed E-state index contributed by atoms with van der Waals surface area (Å²) < 4.78 is 102. The number of ether oxygens (including phenoxy) is 3. The van der Waals surface area contributed by atoms with E-state index in [1.54, 1.807) is 14.2 Å². The molecule has 0 unspecified atom stereocenters. The number of likely N-dealkylation sites (tertiary alicyclic amines) is 1. The van der Waals surface area contributed by atoms with Gasteiger partial charge >= 0.3 is 24.4 Å². The maximum absolute atomic E-state index is 13.8. The number of carboxylic acid groups (broad SMARTS) is 1. The number of rotatable bonds is 6. The van der Waals surface area contributed by atoms with Gasteiger partial charge in [0.05, 0.1) is 19.8 Å². The second kappa shape index (κ2) is 14.5. The zero-order chi connectivity index (χ0) is 34.6. The van der Waals surface area contributed by atoms with Crippen molar-refractivity contribution in [2.24, 2.45) is 0 Å². The third-order valence-electron chi connectivity index (χ3n) is 8.98. The van der Waals surface area contributed by atoms with Crippen molar-refractivity contribution in [1.29, 1.82) is 0 Å². The Kier molecular flexibility index (Phi) is 11.2. The lowest BCUT2D eigenvalue weighted by atomic mass is 9.65. The second-order valence-corrected chi connectivity index (χ2v) is 11.7. The number of carbonyl (C=O) groups is 2. The van der Waals surface area contributed by atoms with Crippen LogP contribution in [0, 0.1) is 5.82 Å². The van der Waals surface area contributed by atoms with Gasteiger partial charge in [-0.3, -0.25) is 4.90 Å². The summed E-state index contributed by atoms with van der Waals surface area (Å²) >= 11 is 0. The fourth-order valence-corrected chi connectivity index (χ4v) is 6.83. The molecule has 2 aromatic rings. The summed E-state index contributed by atoms with van der Waals surface area (Å²) in [7, 11) is 3.23. The summed E-state index contributed by atoms with van der Waals surface area (Å²) in [5, 5.41) is 12.5. The monoisotopic (exact) mass is 679 g/mol. The molecule has 47 heavy (non-hydrogen) atoms. The third kappa shape index (κ3) is 8.58. The topological polar surface area (TPSA) is 109 Å². The van der Waals surface area contributed by atoms with Gasteiger partial charge in [-0.1, -0.05) is 6.07 Å². The average Bonchev–Trinajstić information content (AvgIpc) is 3.40. The third-order valence-corrected chi connectivity index (χ3v) is 8.98. The predicted octanol–water partition coefficient (Wildman–Crippen LogP) is 6.36. The highest BCUT2D eigenvalue weighted by Gasteiger charge is 2.53. The minimum absolute atomic E-state index is 0.138. The maximum atomic E-state index is 13.8. The van der Waals surface area contributed by atoms with Gasteiger partial charge in [-0.2, -0.15) is 26.3 Å². The first-order valence-corrected chi connectivity index (χ1v) is 14.9. The van der Waals surface area contributed by atoms with Crippen LogP contribution in [0.3, 0.4) is 0 Å². The van der Waals surface area contributed by atoms with Gasteiger partial charge in [0.1, 0.15) is 5.82 Å². The SMILES string of the molecule is COc1ccc([C@@]23CC[C@@H](NC(=O)Nc4cc(F)cc(C(F)(F)F)c4)C[C@@H]2N(C2CCOCC2)CC3)cc1OC.O=C(O)C(F)(F)F. The van der Waals surface area contributed by atoms with Crippen molar-refractivity contribution in [3.05, 3.63) is 53.3 Å². The van der Waals surface area contributed by atoms with Gasteiger partial charge in [0.25, 0.3) is 0 Å². The molecule has 260 valence electrons. The van der Waals surface area contributed by atoms with Crippen LogP contribution in [0.15, 0.2) is 36.4 Å². The van der Waals surface area contributed by atoms with E-state index < -0.39 is 35.7 Å². The number of carbonyl (C=O) groups excluding carboxylic acids is 1. The van der Waals surface area contributed by atoms with E-state index in [2.05, 4.69) is 27.7 Å². The van der Waals surface area contributed by atoms with Crippen molar-refractivity contribution < 1.29 is 59.6 Å². The number of hydrogen-bond acceptors (Lipinski definition) is 6. The van der Waals surface area contributed by atoms with Crippen molar-refractivity contribution >= 4 is 17.7 Å². The number of anilines is 1. The maximum Gasteiger partial charge on any atom is 0.490 e. The van der Waals surface area contributed by atoms with E-state index in [0.717, 1.165) is 57.6 Å². The quantitative estimate of drug-likeness (QED) is 0.305. The van der Waals surface area contributed by atoms with Gasteiger partial charge in [0, 0.05) is 42.4 Å². The van der Waals surface area contributed by atoms with Crippen molar-refractivity contribution in [3.63, 3.8) is 0 Å². The van der Waals surface area contributed by atoms with Crippen LogP contribution in [0.1, 0.15) is 49.7 Å². The number of aliphatic carboxylic acids is 1. The Hall–Kier alpha value is -3.79. The van der Waals surface area contributed by atoms with Crippen molar-refractivity contribution in [1.82, 2.24) is 10.2 Å². The number of alkyl halides is 6.